The quantitative estimate of drug-likeness (QED) is 0.499. The lowest BCUT2D eigenvalue weighted by Gasteiger charge is -2.43. The minimum atomic E-state index is -1.71. The fraction of sp³-hybridized carbons (Fsp3) is 0.789. The van der Waals surface area contributed by atoms with Crippen molar-refractivity contribution in [3.63, 3.8) is 0 Å². The molecule has 0 saturated heterocycles. The Hall–Kier alpha value is -0.343. The van der Waals surface area contributed by atoms with Crippen molar-refractivity contribution in [3.05, 3.63) is 23.8 Å². The predicted molar refractivity (Wildman–Crippen MR) is 97.2 cm³/mol. The fourth-order valence-corrected chi connectivity index (χ4v) is 9.62. The molecule has 0 bridgehead atoms. The Morgan fingerprint density at radius 1 is 1.05 bits per heavy atom. The van der Waals surface area contributed by atoms with E-state index in [0.717, 1.165) is 6.61 Å². The molecule has 0 aromatic carbocycles. The molecule has 1 rings (SSSR count). The third-order valence-electron chi connectivity index (χ3n) is 5.35. The van der Waals surface area contributed by atoms with Crippen LogP contribution in [0, 0.1) is 11.8 Å². The van der Waals surface area contributed by atoms with Crippen molar-refractivity contribution in [1.82, 2.24) is 0 Å². The molecule has 0 radical (unpaired) electrons. The Balaban J connectivity index is 2.71. The Kier molecular flexibility index (Phi) is 6.93. The molecule has 0 aromatic heterocycles. The highest BCUT2D eigenvalue weighted by Crippen LogP contribution is 2.42. The molecule has 0 aliphatic heterocycles. The minimum Gasteiger partial charge on any atom is -0.416 e. The average Bonchev–Trinajstić information content (AvgIpc) is 2.38. The van der Waals surface area contributed by atoms with Gasteiger partial charge in [-0.05, 0) is 41.8 Å². The molecule has 0 N–H and O–H groups in total. The first-order valence-corrected chi connectivity index (χ1v) is 10.8. The van der Waals surface area contributed by atoms with Crippen LogP contribution in [-0.2, 0) is 4.43 Å². The summed E-state index contributed by atoms with van der Waals surface area (Å²) < 4.78 is 6.74. The van der Waals surface area contributed by atoms with E-state index >= 15 is 0 Å². The van der Waals surface area contributed by atoms with Crippen molar-refractivity contribution in [2.75, 3.05) is 6.61 Å². The average molecular weight is 309 g/mol. The topological polar surface area (TPSA) is 9.23 Å². The minimum absolute atomic E-state index is 0.605. The maximum atomic E-state index is 6.74. The Morgan fingerprint density at radius 2 is 1.57 bits per heavy atom. The number of hydrogen-bond acceptors (Lipinski definition) is 1. The molecule has 2 atom stereocenters. The van der Waals surface area contributed by atoms with Gasteiger partial charge in [-0.3, -0.25) is 0 Å². The van der Waals surface area contributed by atoms with Gasteiger partial charge in [0.1, 0.15) is 0 Å². The van der Waals surface area contributed by atoms with Gasteiger partial charge in [-0.15, -0.1) is 0 Å². The summed E-state index contributed by atoms with van der Waals surface area (Å²) in [6.07, 6.45) is 8.18. The molecule has 0 unspecified atom stereocenters. The smallest absolute Gasteiger partial charge is 0.200 e. The van der Waals surface area contributed by atoms with E-state index in [9.17, 15) is 0 Å². The molecule has 0 amide bonds. The first kappa shape index (κ1) is 18.7. The van der Waals surface area contributed by atoms with Gasteiger partial charge in [0.15, 0.2) is 8.32 Å². The van der Waals surface area contributed by atoms with E-state index in [0.29, 0.717) is 28.5 Å². The highest BCUT2D eigenvalue weighted by atomic mass is 28.4. The zero-order valence-corrected chi connectivity index (χ0v) is 16.4. The second kappa shape index (κ2) is 7.78. The van der Waals surface area contributed by atoms with Gasteiger partial charge >= 0.3 is 0 Å². The molecule has 21 heavy (non-hydrogen) atoms. The largest absolute Gasteiger partial charge is 0.416 e. The first-order valence-electron chi connectivity index (χ1n) is 8.70. The molecule has 1 aliphatic carbocycles. The molecule has 1 aliphatic rings. The van der Waals surface area contributed by atoms with Crippen LogP contribution in [0.4, 0.5) is 0 Å². The van der Waals surface area contributed by atoms with Crippen LogP contribution in [0.3, 0.4) is 0 Å². The first-order chi connectivity index (χ1) is 9.71. The van der Waals surface area contributed by atoms with Crippen LogP contribution in [0.2, 0.25) is 16.6 Å². The second-order valence-electron chi connectivity index (χ2n) is 7.81. The number of allylic oxidation sites excluding steroid dienone is 4. The van der Waals surface area contributed by atoms with Gasteiger partial charge < -0.3 is 4.43 Å². The number of hydrogen-bond donors (Lipinski definition) is 0. The van der Waals surface area contributed by atoms with Crippen LogP contribution in [0.5, 0.6) is 0 Å². The van der Waals surface area contributed by atoms with Crippen LogP contribution in [0.25, 0.3) is 0 Å². The lowest BCUT2D eigenvalue weighted by atomic mass is 9.87. The molecule has 0 fully saturated rings. The van der Waals surface area contributed by atoms with Crippen LogP contribution >= 0.6 is 0 Å². The van der Waals surface area contributed by atoms with E-state index < -0.39 is 8.32 Å². The van der Waals surface area contributed by atoms with Crippen molar-refractivity contribution in [1.29, 1.82) is 0 Å². The van der Waals surface area contributed by atoms with E-state index in [1.807, 2.05) is 0 Å². The molecule has 2 heteroatoms. The summed E-state index contributed by atoms with van der Waals surface area (Å²) in [6.45, 7) is 19.6. The third-order valence-corrected chi connectivity index (χ3v) is 11.4. The van der Waals surface area contributed by atoms with E-state index in [1.165, 1.54) is 12.0 Å². The Labute approximate surface area is 134 Å². The third kappa shape index (κ3) is 4.32. The van der Waals surface area contributed by atoms with Crippen LogP contribution in [0.15, 0.2) is 23.8 Å². The number of rotatable bonds is 7. The maximum absolute atomic E-state index is 6.74. The lowest BCUT2D eigenvalue weighted by molar-refractivity contribution is 0.202. The predicted octanol–water partition coefficient (Wildman–Crippen LogP) is 6.34. The van der Waals surface area contributed by atoms with E-state index in [-0.39, 0.29) is 0 Å². The molecule has 0 aromatic rings. The molecular formula is C19H36OSi. The standard InChI is InChI=1S/C19H36OSi/c1-14(2)21(15(3)4,16(5)6)20-13-18(8)19-11-9-17(7)10-12-19/h9-11,14-16,18-19H,12-13H2,1-8H3/t18-,19-/m1/s1. The maximum Gasteiger partial charge on any atom is 0.200 e. The second-order valence-corrected chi connectivity index (χ2v) is 13.3. The highest BCUT2D eigenvalue weighted by molar-refractivity contribution is 6.77. The van der Waals surface area contributed by atoms with Crippen molar-refractivity contribution >= 4 is 8.32 Å². The van der Waals surface area contributed by atoms with Gasteiger partial charge in [0.05, 0.1) is 0 Å². The summed E-state index contributed by atoms with van der Waals surface area (Å²) in [5, 5.41) is 0. The van der Waals surface area contributed by atoms with Gasteiger partial charge in [0, 0.05) is 6.61 Å². The van der Waals surface area contributed by atoms with E-state index in [1.54, 1.807) is 0 Å². The van der Waals surface area contributed by atoms with Gasteiger partial charge in [-0.1, -0.05) is 72.3 Å². The molecule has 0 heterocycles. The Bertz CT molecular complexity index is 357. The zero-order chi connectivity index (χ0) is 16.2. The van der Waals surface area contributed by atoms with E-state index in [4.69, 9.17) is 4.43 Å². The molecular weight excluding hydrogens is 272 g/mol. The molecule has 0 saturated carbocycles. The molecule has 0 spiro atoms. The SMILES string of the molecule is CC1=CC[C@H]([C@H](C)CO[Si](C(C)C)(C(C)C)C(C)C)C=C1. The summed E-state index contributed by atoms with van der Waals surface area (Å²) in [5.74, 6) is 1.25. The zero-order valence-electron chi connectivity index (χ0n) is 15.4. The normalized spacial score (nSPS) is 21.3. The van der Waals surface area contributed by atoms with Gasteiger partial charge in [0.25, 0.3) is 0 Å². The summed E-state index contributed by atoms with van der Waals surface area (Å²) in [4.78, 5) is 0. The van der Waals surface area contributed by atoms with Gasteiger partial charge in [0.2, 0.25) is 0 Å². The lowest BCUT2D eigenvalue weighted by Crippen LogP contribution is -2.48. The van der Waals surface area contributed by atoms with Crippen molar-refractivity contribution in [2.45, 2.75) is 78.4 Å². The highest BCUT2D eigenvalue weighted by Gasteiger charge is 2.45. The van der Waals surface area contributed by atoms with Crippen LogP contribution in [-0.4, -0.2) is 14.9 Å². The van der Waals surface area contributed by atoms with Crippen molar-refractivity contribution in [3.8, 4) is 0 Å². The van der Waals surface area contributed by atoms with E-state index in [2.05, 4.69) is 73.6 Å². The summed E-state index contributed by atoms with van der Waals surface area (Å²) in [7, 11) is -1.71. The fourth-order valence-electron chi connectivity index (χ4n) is 4.07. The van der Waals surface area contributed by atoms with Gasteiger partial charge in [-0.2, -0.15) is 0 Å². The monoisotopic (exact) mass is 308 g/mol. The van der Waals surface area contributed by atoms with Gasteiger partial charge in [-0.25, -0.2) is 0 Å². The summed E-state index contributed by atoms with van der Waals surface area (Å²) in [6, 6.07) is 0. The Morgan fingerprint density at radius 3 is 1.95 bits per heavy atom. The van der Waals surface area contributed by atoms with Crippen molar-refractivity contribution < 1.29 is 4.43 Å². The van der Waals surface area contributed by atoms with Crippen LogP contribution in [0.1, 0.15) is 61.8 Å². The van der Waals surface area contributed by atoms with Crippen LogP contribution < -0.4 is 0 Å². The molecule has 122 valence electrons. The summed E-state index contributed by atoms with van der Waals surface area (Å²) in [5.41, 5.74) is 3.42. The molecule has 1 nitrogen and oxygen atoms in total. The summed E-state index contributed by atoms with van der Waals surface area (Å²) >= 11 is 0. The van der Waals surface area contributed by atoms with Crippen molar-refractivity contribution in [2.24, 2.45) is 11.8 Å².